The van der Waals surface area contributed by atoms with Crippen molar-refractivity contribution in [2.45, 2.75) is 26.3 Å². The highest BCUT2D eigenvalue weighted by Gasteiger charge is 2.12. The third kappa shape index (κ3) is 3.21. The summed E-state index contributed by atoms with van der Waals surface area (Å²) in [6.07, 6.45) is 0.888. The fourth-order valence-electron chi connectivity index (χ4n) is 1.40. The third-order valence-corrected chi connectivity index (χ3v) is 2.58. The summed E-state index contributed by atoms with van der Waals surface area (Å²) in [5.74, 6) is -1.07. The van der Waals surface area contributed by atoms with Gasteiger partial charge in [0, 0.05) is 17.3 Å². The number of carbonyl (C=O) groups is 2. The molecule has 1 rings (SSSR count). The number of hydrogen-bond acceptors (Lipinski definition) is 3. The molecule has 5 nitrogen and oxygen atoms in total. The van der Waals surface area contributed by atoms with E-state index in [1.54, 1.807) is 6.07 Å². The number of hydrogen-bond donors (Lipinski definition) is 3. The van der Waals surface area contributed by atoms with Gasteiger partial charge in [-0.05, 0) is 31.5 Å². The minimum atomic E-state index is -0.535. The summed E-state index contributed by atoms with van der Waals surface area (Å²) in [7, 11) is 0. The Hall–Kier alpha value is -2.04. The van der Waals surface area contributed by atoms with Crippen molar-refractivity contribution >= 4 is 17.5 Å². The molecule has 5 heteroatoms. The first kappa shape index (κ1) is 13.0. The van der Waals surface area contributed by atoms with E-state index in [1.165, 1.54) is 12.1 Å². The lowest BCUT2D eigenvalue weighted by Gasteiger charge is -2.16. The first-order valence-electron chi connectivity index (χ1n) is 5.46. The zero-order chi connectivity index (χ0) is 13.0. The van der Waals surface area contributed by atoms with Gasteiger partial charge in [0.1, 0.15) is 0 Å². The van der Waals surface area contributed by atoms with Crippen LogP contribution in [0.1, 0.15) is 41.0 Å². The van der Waals surface area contributed by atoms with Crippen LogP contribution in [0, 0.1) is 0 Å². The van der Waals surface area contributed by atoms with Crippen LogP contribution in [0.4, 0.5) is 5.69 Å². The molecule has 0 aromatic heterocycles. The highest BCUT2D eigenvalue weighted by atomic mass is 16.1. The second-order valence-electron chi connectivity index (χ2n) is 3.94. The van der Waals surface area contributed by atoms with Gasteiger partial charge in [-0.3, -0.25) is 9.59 Å². The van der Waals surface area contributed by atoms with E-state index >= 15 is 0 Å². The molecule has 5 N–H and O–H groups in total. The van der Waals surface area contributed by atoms with E-state index in [0.29, 0.717) is 16.8 Å². The van der Waals surface area contributed by atoms with Crippen LogP contribution < -0.4 is 16.8 Å². The Morgan fingerprint density at radius 2 is 1.94 bits per heavy atom. The zero-order valence-electron chi connectivity index (χ0n) is 9.99. The highest BCUT2D eigenvalue weighted by Crippen LogP contribution is 2.19. The van der Waals surface area contributed by atoms with Crippen molar-refractivity contribution in [3.05, 3.63) is 29.3 Å². The lowest BCUT2D eigenvalue weighted by molar-refractivity contribution is 0.0989. The van der Waals surface area contributed by atoms with Crippen molar-refractivity contribution in [1.82, 2.24) is 0 Å². The largest absolute Gasteiger partial charge is 0.382 e. The molecule has 0 aliphatic carbocycles. The molecule has 0 heterocycles. The smallest absolute Gasteiger partial charge is 0.250 e. The monoisotopic (exact) mass is 235 g/mol. The van der Waals surface area contributed by atoms with Gasteiger partial charge in [-0.15, -0.1) is 0 Å². The molecule has 1 aromatic rings. The normalized spacial score (nSPS) is 11.9. The summed E-state index contributed by atoms with van der Waals surface area (Å²) in [5, 5.41) is 3.13. The molecule has 17 heavy (non-hydrogen) atoms. The van der Waals surface area contributed by atoms with E-state index in [0.717, 1.165) is 6.42 Å². The Morgan fingerprint density at radius 1 is 1.29 bits per heavy atom. The maximum absolute atomic E-state index is 11.2. The van der Waals surface area contributed by atoms with Gasteiger partial charge in [-0.25, -0.2) is 0 Å². The lowest BCUT2D eigenvalue weighted by Crippen LogP contribution is -2.20. The second-order valence-corrected chi connectivity index (χ2v) is 3.94. The summed E-state index contributed by atoms with van der Waals surface area (Å²) in [4.78, 5) is 22.3. The van der Waals surface area contributed by atoms with E-state index in [4.69, 9.17) is 11.5 Å². The van der Waals surface area contributed by atoms with E-state index in [9.17, 15) is 9.59 Å². The Morgan fingerprint density at radius 3 is 2.41 bits per heavy atom. The van der Waals surface area contributed by atoms with Crippen LogP contribution in [0.15, 0.2) is 18.2 Å². The van der Waals surface area contributed by atoms with Gasteiger partial charge in [0.2, 0.25) is 5.91 Å². The molecule has 0 spiro atoms. The van der Waals surface area contributed by atoms with Crippen LogP contribution in [-0.2, 0) is 0 Å². The molecular formula is C12H17N3O2. The summed E-state index contributed by atoms with van der Waals surface area (Å²) in [6, 6.07) is 4.72. The number of amides is 2. The van der Waals surface area contributed by atoms with Crippen molar-refractivity contribution < 1.29 is 9.59 Å². The van der Waals surface area contributed by atoms with Crippen molar-refractivity contribution in [2.24, 2.45) is 11.5 Å². The minimum Gasteiger partial charge on any atom is -0.382 e. The van der Waals surface area contributed by atoms with Gasteiger partial charge < -0.3 is 16.8 Å². The molecule has 0 fully saturated rings. The van der Waals surface area contributed by atoms with Gasteiger partial charge >= 0.3 is 0 Å². The number of rotatable bonds is 5. The van der Waals surface area contributed by atoms with Gasteiger partial charge in [0.05, 0.1) is 5.56 Å². The number of nitrogens with two attached hydrogens (primary N) is 2. The van der Waals surface area contributed by atoms with Crippen LogP contribution in [0.3, 0.4) is 0 Å². The lowest BCUT2D eigenvalue weighted by atomic mass is 10.1. The summed E-state index contributed by atoms with van der Waals surface area (Å²) in [6.45, 7) is 3.99. The molecule has 2 amide bonds. The molecule has 92 valence electrons. The fraction of sp³-hybridized carbons (Fsp3) is 0.333. The van der Waals surface area contributed by atoms with Crippen LogP contribution >= 0.6 is 0 Å². The van der Waals surface area contributed by atoms with Crippen molar-refractivity contribution in [2.75, 3.05) is 5.32 Å². The van der Waals surface area contributed by atoms with Crippen LogP contribution in [-0.4, -0.2) is 17.9 Å². The Balaban J connectivity index is 3.15. The van der Waals surface area contributed by atoms with Crippen molar-refractivity contribution in [1.29, 1.82) is 0 Å². The molecule has 0 aliphatic heterocycles. The molecule has 0 radical (unpaired) electrons. The van der Waals surface area contributed by atoms with E-state index in [1.807, 2.05) is 13.8 Å². The number of primary amides is 2. The summed E-state index contributed by atoms with van der Waals surface area (Å²) >= 11 is 0. The van der Waals surface area contributed by atoms with E-state index in [2.05, 4.69) is 5.32 Å². The SMILES string of the molecule is CC[C@@H](C)Nc1cc(C(N)=O)ccc1C(N)=O. The maximum Gasteiger partial charge on any atom is 0.250 e. The topological polar surface area (TPSA) is 98.2 Å². The molecule has 0 saturated heterocycles. The average Bonchev–Trinajstić information content (AvgIpc) is 2.28. The zero-order valence-corrected chi connectivity index (χ0v) is 9.99. The van der Waals surface area contributed by atoms with E-state index < -0.39 is 11.8 Å². The Kier molecular flexibility index (Phi) is 4.09. The average molecular weight is 235 g/mol. The highest BCUT2D eigenvalue weighted by molar-refractivity contribution is 6.01. The summed E-state index contributed by atoms with van der Waals surface area (Å²) < 4.78 is 0. The molecule has 0 bridgehead atoms. The van der Waals surface area contributed by atoms with Gasteiger partial charge in [0.15, 0.2) is 0 Å². The summed E-state index contributed by atoms with van der Waals surface area (Å²) in [5.41, 5.74) is 11.7. The third-order valence-electron chi connectivity index (χ3n) is 2.58. The molecule has 1 aromatic carbocycles. The van der Waals surface area contributed by atoms with Crippen LogP contribution in [0.25, 0.3) is 0 Å². The quantitative estimate of drug-likeness (QED) is 0.712. The second kappa shape index (κ2) is 5.34. The van der Waals surface area contributed by atoms with Crippen molar-refractivity contribution in [3.63, 3.8) is 0 Å². The van der Waals surface area contributed by atoms with Gasteiger partial charge in [0.25, 0.3) is 5.91 Å². The molecule has 0 saturated carbocycles. The van der Waals surface area contributed by atoms with E-state index in [-0.39, 0.29) is 6.04 Å². The van der Waals surface area contributed by atoms with Crippen molar-refractivity contribution in [3.8, 4) is 0 Å². The molecule has 1 atom stereocenters. The Labute approximate surface area is 100 Å². The number of carbonyl (C=O) groups excluding carboxylic acids is 2. The minimum absolute atomic E-state index is 0.177. The Bertz CT molecular complexity index is 443. The first-order chi connectivity index (χ1) is 7.95. The number of benzene rings is 1. The fourth-order valence-corrected chi connectivity index (χ4v) is 1.40. The maximum atomic E-state index is 11.2. The standard InChI is InChI=1S/C12H17N3O2/c1-3-7(2)15-10-6-8(11(13)16)4-5-9(10)12(14)17/h4-7,15H,3H2,1-2H3,(H2,13,16)(H2,14,17)/t7-/m1/s1. The molecular weight excluding hydrogens is 218 g/mol. The predicted octanol–water partition coefficient (Wildman–Crippen LogP) is 1.09. The molecule has 0 unspecified atom stereocenters. The van der Waals surface area contributed by atoms with Crippen LogP contribution in [0.2, 0.25) is 0 Å². The van der Waals surface area contributed by atoms with Crippen LogP contribution in [0.5, 0.6) is 0 Å². The number of nitrogens with one attached hydrogen (secondary N) is 1. The number of anilines is 1. The van der Waals surface area contributed by atoms with Gasteiger partial charge in [-0.2, -0.15) is 0 Å². The first-order valence-corrected chi connectivity index (χ1v) is 5.46. The predicted molar refractivity (Wildman–Crippen MR) is 66.9 cm³/mol. The molecule has 0 aliphatic rings. The van der Waals surface area contributed by atoms with Gasteiger partial charge in [-0.1, -0.05) is 6.92 Å².